The number of benzene rings is 1. The normalized spacial score (nSPS) is 20.5. The Morgan fingerprint density at radius 1 is 1.31 bits per heavy atom. The second-order valence-corrected chi connectivity index (χ2v) is 5.11. The van der Waals surface area contributed by atoms with Crippen molar-refractivity contribution in [2.75, 3.05) is 5.32 Å². The van der Waals surface area contributed by atoms with Crippen LogP contribution < -0.4 is 5.32 Å². The van der Waals surface area contributed by atoms with Crippen molar-refractivity contribution in [3.63, 3.8) is 0 Å². The van der Waals surface area contributed by atoms with Crippen molar-refractivity contribution in [2.24, 2.45) is 5.92 Å². The highest BCUT2D eigenvalue weighted by Crippen LogP contribution is 2.27. The van der Waals surface area contributed by atoms with Crippen molar-refractivity contribution in [1.82, 2.24) is 0 Å². The topological polar surface area (TPSA) is 29.1 Å². The molecule has 1 aliphatic rings. The summed E-state index contributed by atoms with van der Waals surface area (Å²) in [4.78, 5) is 11.4. The first kappa shape index (κ1) is 11.4. The number of para-hydroxylation sites is 1. The molecule has 2 rings (SSSR count). The average molecular weight is 280 g/mol. The van der Waals surface area contributed by atoms with Gasteiger partial charge in [-0.05, 0) is 40.4 Å². The summed E-state index contributed by atoms with van der Waals surface area (Å²) in [5.41, 5.74) is 2.02. The molecule has 1 atom stereocenters. The number of allylic oxidation sites excluding steroid dienone is 2. The first-order valence-corrected chi connectivity index (χ1v) is 6.19. The standard InChI is InChI=1S/C13H14BrNO/c1-9-6-10(8-11(16)7-9)15-13-5-3-2-4-12(13)14/h2-5,8-9,15H,6-7H2,1H3. The van der Waals surface area contributed by atoms with Crippen LogP contribution >= 0.6 is 15.9 Å². The van der Waals surface area contributed by atoms with E-state index >= 15 is 0 Å². The summed E-state index contributed by atoms with van der Waals surface area (Å²) < 4.78 is 1.02. The van der Waals surface area contributed by atoms with E-state index in [1.54, 1.807) is 6.08 Å². The molecule has 1 aliphatic carbocycles. The smallest absolute Gasteiger partial charge is 0.157 e. The van der Waals surface area contributed by atoms with E-state index in [2.05, 4.69) is 28.2 Å². The summed E-state index contributed by atoms with van der Waals surface area (Å²) in [7, 11) is 0. The summed E-state index contributed by atoms with van der Waals surface area (Å²) in [6, 6.07) is 7.92. The van der Waals surface area contributed by atoms with E-state index in [-0.39, 0.29) is 5.78 Å². The number of ketones is 1. The first-order chi connectivity index (χ1) is 7.65. The predicted molar refractivity (Wildman–Crippen MR) is 69.3 cm³/mol. The Kier molecular flexibility index (Phi) is 3.44. The highest BCUT2D eigenvalue weighted by atomic mass is 79.9. The van der Waals surface area contributed by atoms with E-state index in [1.807, 2.05) is 24.3 Å². The second-order valence-electron chi connectivity index (χ2n) is 4.25. The van der Waals surface area contributed by atoms with Crippen molar-refractivity contribution in [2.45, 2.75) is 19.8 Å². The van der Waals surface area contributed by atoms with Crippen LogP contribution in [-0.4, -0.2) is 5.78 Å². The third-order valence-corrected chi connectivity index (χ3v) is 3.31. The third kappa shape index (κ3) is 2.73. The monoisotopic (exact) mass is 279 g/mol. The van der Waals surface area contributed by atoms with Gasteiger partial charge in [0.05, 0.1) is 5.69 Å². The van der Waals surface area contributed by atoms with Gasteiger partial charge in [0.2, 0.25) is 0 Å². The molecule has 0 fully saturated rings. The number of nitrogens with one attached hydrogen (secondary N) is 1. The van der Waals surface area contributed by atoms with E-state index < -0.39 is 0 Å². The number of rotatable bonds is 2. The maximum Gasteiger partial charge on any atom is 0.157 e. The number of carbonyl (C=O) groups is 1. The fraction of sp³-hybridized carbons (Fsp3) is 0.308. The molecule has 84 valence electrons. The molecule has 0 aromatic heterocycles. The molecule has 1 aromatic rings. The lowest BCUT2D eigenvalue weighted by Gasteiger charge is -2.20. The van der Waals surface area contributed by atoms with Gasteiger partial charge in [-0.15, -0.1) is 0 Å². The van der Waals surface area contributed by atoms with E-state index in [0.717, 1.165) is 22.3 Å². The van der Waals surface area contributed by atoms with Crippen LogP contribution in [-0.2, 0) is 4.79 Å². The van der Waals surface area contributed by atoms with Gasteiger partial charge in [-0.25, -0.2) is 0 Å². The van der Waals surface area contributed by atoms with Gasteiger partial charge in [0.15, 0.2) is 5.78 Å². The summed E-state index contributed by atoms with van der Waals surface area (Å²) in [5, 5.41) is 3.30. The Morgan fingerprint density at radius 3 is 2.75 bits per heavy atom. The Balaban J connectivity index is 2.16. The van der Waals surface area contributed by atoms with E-state index in [1.165, 1.54) is 0 Å². The van der Waals surface area contributed by atoms with Crippen LogP contribution in [0.5, 0.6) is 0 Å². The molecule has 0 saturated heterocycles. The Hall–Kier alpha value is -1.09. The zero-order chi connectivity index (χ0) is 11.5. The minimum Gasteiger partial charge on any atom is -0.358 e. The minimum atomic E-state index is 0.216. The molecule has 0 radical (unpaired) electrons. The molecule has 0 bridgehead atoms. The van der Waals surface area contributed by atoms with Crippen LogP contribution in [0.1, 0.15) is 19.8 Å². The molecule has 0 spiro atoms. The molecule has 1 unspecified atom stereocenters. The van der Waals surface area contributed by atoms with Crippen LogP contribution in [0.4, 0.5) is 5.69 Å². The number of hydrogen-bond acceptors (Lipinski definition) is 2. The van der Waals surface area contributed by atoms with Gasteiger partial charge in [-0.1, -0.05) is 19.1 Å². The number of hydrogen-bond donors (Lipinski definition) is 1. The van der Waals surface area contributed by atoms with Crippen LogP contribution in [0.3, 0.4) is 0 Å². The summed E-state index contributed by atoms with van der Waals surface area (Å²) in [5.74, 6) is 0.649. The lowest BCUT2D eigenvalue weighted by molar-refractivity contribution is -0.115. The number of halogens is 1. The molecule has 3 heteroatoms. The Morgan fingerprint density at radius 2 is 2.06 bits per heavy atom. The lowest BCUT2D eigenvalue weighted by atomic mass is 9.93. The van der Waals surface area contributed by atoms with Crippen LogP contribution in [0.2, 0.25) is 0 Å². The van der Waals surface area contributed by atoms with Gasteiger partial charge in [0.1, 0.15) is 0 Å². The van der Waals surface area contributed by atoms with Crippen LogP contribution in [0, 0.1) is 5.92 Å². The van der Waals surface area contributed by atoms with Crippen molar-refractivity contribution < 1.29 is 4.79 Å². The van der Waals surface area contributed by atoms with Gasteiger partial charge in [-0.3, -0.25) is 4.79 Å². The first-order valence-electron chi connectivity index (χ1n) is 5.40. The van der Waals surface area contributed by atoms with Crippen molar-refractivity contribution >= 4 is 27.4 Å². The average Bonchev–Trinajstić information content (AvgIpc) is 2.20. The maximum atomic E-state index is 11.4. The fourth-order valence-corrected chi connectivity index (χ4v) is 2.31. The molecule has 1 aromatic carbocycles. The molecular weight excluding hydrogens is 266 g/mol. The highest BCUT2D eigenvalue weighted by Gasteiger charge is 2.17. The quantitative estimate of drug-likeness (QED) is 0.894. The molecule has 0 aliphatic heterocycles. The number of anilines is 1. The maximum absolute atomic E-state index is 11.4. The minimum absolute atomic E-state index is 0.216. The second kappa shape index (κ2) is 4.83. The van der Waals surface area contributed by atoms with Gasteiger partial charge >= 0.3 is 0 Å². The molecule has 0 amide bonds. The van der Waals surface area contributed by atoms with Crippen molar-refractivity contribution in [3.8, 4) is 0 Å². The SMILES string of the molecule is CC1CC(=O)C=C(Nc2ccccc2Br)C1. The molecular formula is C13H14BrNO. The van der Waals surface area contributed by atoms with E-state index in [0.29, 0.717) is 12.3 Å². The third-order valence-electron chi connectivity index (χ3n) is 2.62. The molecule has 0 saturated carbocycles. The lowest BCUT2D eigenvalue weighted by Crippen LogP contribution is -2.15. The summed E-state index contributed by atoms with van der Waals surface area (Å²) in [6.07, 6.45) is 3.33. The van der Waals surface area contributed by atoms with Crippen molar-refractivity contribution in [1.29, 1.82) is 0 Å². The Bertz CT molecular complexity index is 439. The summed E-state index contributed by atoms with van der Waals surface area (Å²) >= 11 is 3.48. The van der Waals surface area contributed by atoms with E-state index in [4.69, 9.17) is 0 Å². The highest BCUT2D eigenvalue weighted by molar-refractivity contribution is 9.10. The van der Waals surface area contributed by atoms with Crippen molar-refractivity contribution in [3.05, 3.63) is 40.5 Å². The van der Waals surface area contributed by atoms with Crippen LogP contribution in [0.15, 0.2) is 40.5 Å². The van der Waals surface area contributed by atoms with Gasteiger partial charge in [0.25, 0.3) is 0 Å². The zero-order valence-electron chi connectivity index (χ0n) is 9.16. The molecule has 0 heterocycles. The molecule has 16 heavy (non-hydrogen) atoms. The fourth-order valence-electron chi connectivity index (χ4n) is 1.93. The van der Waals surface area contributed by atoms with Gasteiger partial charge in [0, 0.05) is 22.7 Å². The van der Waals surface area contributed by atoms with Crippen LogP contribution in [0.25, 0.3) is 0 Å². The molecule has 1 N–H and O–H groups in total. The van der Waals surface area contributed by atoms with Gasteiger partial charge < -0.3 is 5.32 Å². The largest absolute Gasteiger partial charge is 0.358 e. The Labute approximate surface area is 104 Å². The van der Waals surface area contributed by atoms with E-state index in [9.17, 15) is 4.79 Å². The predicted octanol–water partition coefficient (Wildman–Crippen LogP) is 3.74. The summed E-state index contributed by atoms with van der Waals surface area (Å²) in [6.45, 7) is 2.10. The molecule has 2 nitrogen and oxygen atoms in total. The number of carbonyl (C=O) groups excluding carboxylic acids is 1. The zero-order valence-corrected chi connectivity index (χ0v) is 10.8. The van der Waals surface area contributed by atoms with Gasteiger partial charge in [-0.2, -0.15) is 0 Å².